The first-order chi connectivity index (χ1) is 32.1. The van der Waals surface area contributed by atoms with Crippen molar-refractivity contribution in [1.82, 2.24) is 23.5 Å². The molecule has 1 N–H and O–H groups in total. The predicted octanol–water partition coefficient (Wildman–Crippen LogP) is 15.0. The van der Waals surface area contributed by atoms with Crippen LogP contribution in [0.3, 0.4) is 0 Å². The lowest BCUT2D eigenvalue weighted by Gasteiger charge is -2.16. The predicted molar refractivity (Wildman–Crippen MR) is 264 cm³/mol. The Morgan fingerprint density at radius 3 is 1.82 bits per heavy atom. The van der Waals surface area contributed by atoms with Crippen molar-refractivity contribution in [2.24, 2.45) is 0 Å². The highest BCUT2D eigenvalue weighted by Crippen LogP contribution is 2.38. The molecule has 0 fully saturated rings. The number of aromatic nitrogens is 5. The molecule has 0 unspecified atom stereocenters. The van der Waals surface area contributed by atoms with Crippen molar-refractivity contribution in [3.8, 4) is 33.6 Å². The van der Waals surface area contributed by atoms with E-state index in [4.69, 9.17) is 18.8 Å². The second kappa shape index (κ2) is 13.6. The zero-order chi connectivity index (χ0) is 42.8. The summed E-state index contributed by atoms with van der Waals surface area (Å²) < 4.78 is 19.1. The molecule has 0 aliphatic heterocycles. The van der Waals surface area contributed by atoms with Gasteiger partial charge in [0.15, 0.2) is 0 Å². The van der Waals surface area contributed by atoms with E-state index in [0.29, 0.717) is 0 Å². The van der Waals surface area contributed by atoms with Crippen LogP contribution in [0.5, 0.6) is 0 Å². The van der Waals surface area contributed by atoms with Crippen molar-refractivity contribution in [1.29, 1.82) is 0 Å². The second-order valence-corrected chi connectivity index (χ2v) is 16.8. The summed E-state index contributed by atoms with van der Waals surface area (Å²) in [5.41, 5.74) is 18.2. The van der Waals surface area contributed by atoms with Gasteiger partial charge in [0.2, 0.25) is 11.7 Å². The van der Waals surface area contributed by atoms with Gasteiger partial charge < -0.3 is 14.2 Å². The average Bonchev–Trinajstić information content (AvgIpc) is 4.16. The number of imidazole rings is 3. The molecule has 8 nitrogen and oxygen atoms in total. The minimum Gasteiger partial charge on any atom is -0.456 e. The fraction of sp³-hybridized carbons (Fsp3) is 0.0175. The van der Waals surface area contributed by atoms with Crippen molar-refractivity contribution in [2.75, 3.05) is 5.32 Å². The van der Waals surface area contributed by atoms with Gasteiger partial charge in [0.05, 0.1) is 44.5 Å². The molecule has 0 saturated carbocycles. The number of hydrogen-bond acceptors (Lipinski definition) is 5. The van der Waals surface area contributed by atoms with E-state index in [0.717, 1.165) is 134 Å². The van der Waals surface area contributed by atoms with E-state index >= 15 is 0 Å². The van der Waals surface area contributed by atoms with Crippen LogP contribution in [0.2, 0.25) is 0 Å². The third-order valence-corrected chi connectivity index (χ3v) is 13.0. The van der Waals surface area contributed by atoms with E-state index in [1.165, 1.54) is 0 Å². The number of nitrogens with zero attached hydrogens (tertiary/aromatic N) is 5. The fourth-order valence-electron chi connectivity index (χ4n) is 9.88. The smallest absolute Gasteiger partial charge is 0.220 e. The SMILES string of the molecule is Cc1ccc(-c2cccc(-c3ccc4c(c3)n3c5ccccc5nc3n4-c3ccc4oc5ccccc5c4c3)c2)cc1-n1c(Nc2ccc3oc4ccccc4c3c2)nc2ccccc21. The normalized spacial score (nSPS) is 12.1. The van der Waals surface area contributed by atoms with Gasteiger partial charge in [-0.25, -0.2) is 9.97 Å². The number of aryl methyl sites for hydroxylation is 1. The maximum atomic E-state index is 6.21. The first kappa shape index (κ1) is 35.7. The first-order valence-electron chi connectivity index (χ1n) is 21.8. The highest BCUT2D eigenvalue weighted by molar-refractivity contribution is 6.07. The van der Waals surface area contributed by atoms with Gasteiger partial charge in [-0.05, 0) is 132 Å². The molecule has 0 radical (unpaired) electrons. The first-order valence-corrected chi connectivity index (χ1v) is 21.8. The Bertz CT molecular complexity index is 4250. The van der Waals surface area contributed by atoms with Crippen molar-refractivity contribution >= 4 is 94.4 Å². The quantitative estimate of drug-likeness (QED) is 0.180. The minimum absolute atomic E-state index is 0.740. The number of rotatable bonds is 6. The molecular weight excluding hydrogens is 801 g/mol. The molecule has 0 atom stereocenters. The summed E-state index contributed by atoms with van der Waals surface area (Å²) in [6, 6.07) is 68.0. The Hall–Kier alpha value is -8.88. The van der Waals surface area contributed by atoms with Gasteiger partial charge >= 0.3 is 0 Å². The number of anilines is 2. The maximum absolute atomic E-state index is 6.21. The molecule has 14 rings (SSSR count). The van der Waals surface area contributed by atoms with E-state index < -0.39 is 0 Å². The lowest BCUT2D eigenvalue weighted by molar-refractivity contribution is 0.668. The van der Waals surface area contributed by atoms with E-state index in [1.54, 1.807) is 0 Å². The molecule has 0 bridgehead atoms. The van der Waals surface area contributed by atoms with Gasteiger partial charge in [-0.3, -0.25) is 13.5 Å². The van der Waals surface area contributed by atoms with Gasteiger partial charge in [0, 0.05) is 27.2 Å². The van der Waals surface area contributed by atoms with Crippen LogP contribution in [-0.4, -0.2) is 23.5 Å². The second-order valence-electron chi connectivity index (χ2n) is 16.8. The number of benzene rings is 9. The number of nitrogens with one attached hydrogen (secondary N) is 1. The van der Waals surface area contributed by atoms with Crippen molar-refractivity contribution in [3.05, 3.63) is 200 Å². The topological polar surface area (TPSA) is 78.4 Å². The van der Waals surface area contributed by atoms with Crippen molar-refractivity contribution in [3.63, 3.8) is 0 Å². The van der Waals surface area contributed by atoms with E-state index in [9.17, 15) is 0 Å². The highest BCUT2D eigenvalue weighted by atomic mass is 16.3. The van der Waals surface area contributed by atoms with Gasteiger partial charge in [-0.2, -0.15) is 0 Å². The number of furan rings is 2. The zero-order valence-electron chi connectivity index (χ0n) is 35.0. The Labute approximate surface area is 370 Å². The summed E-state index contributed by atoms with van der Waals surface area (Å²) in [4.78, 5) is 10.3. The van der Waals surface area contributed by atoms with Crippen LogP contribution in [-0.2, 0) is 0 Å². The Balaban J connectivity index is 0.876. The van der Waals surface area contributed by atoms with Crippen LogP contribution >= 0.6 is 0 Å². The molecule has 5 heterocycles. The molecule has 0 spiro atoms. The molecule has 65 heavy (non-hydrogen) atoms. The Morgan fingerprint density at radius 1 is 0.415 bits per heavy atom. The molecule has 0 saturated heterocycles. The molecule has 14 aromatic rings. The summed E-state index contributed by atoms with van der Waals surface area (Å²) in [5, 5.41) is 8.01. The summed E-state index contributed by atoms with van der Waals surface area (Å²) in [7, 11) is 0. The monoisotopic (exact) mass is 836 g/mol. The maximum Gasteiger partial charge on any atom is 0.220 e. The van der Waals surface area contributed by atoms with Gasteiger partial charge in [0.1, 0.15) is 22.3 Å². The fourth-order valence-corrected chi connectivity index (χ4v) is 9.88. The van der Waals surface area contributed by atoms with E-state index in [1.807, 2.05) is 48.5 Å². The minimum atomic E-state index is 0.740. The third kappa shape index (κ3) is 5.44. The van der Waals surface area contributed by atoms with Crippen LogP contribution < -0.4 is 5.32 Å². The third-order valence-electron chi connectivity index (χ3n) is 13.0. The van der Waals surface area contributed by atoms with E-state index in [2.05, 4.69) is 171 Å². The standard InChI is InChI=1S/C57H36N6O2/c1-34-21-22-37(30-50(34)62-47-17-6-4-15-45(47)59-56(62)58-39-24-27-54-43(32-39)41-13-2-8-19-52(41)64-54)35-11-10-12-36(29-35)38-23-26-49-51(31-38)63-48-18-7-5-16-46(48)60-57(63)61(49)40-25-28-55-44(33-40)42-14-3-9-20-53(42)65-55/h2-33H,1H3,(H,58,59). The molecule has 0 aliphatic rings. The zero-order valence-corrected chi connectivity index (χ0v) is 35.0. The van der Waals surface area contributed by atoms with Crippen LogP contribution in [0.25, 0.3) is 116 Å². The molecular formula is C57H36N6O2. The molecule has 0 amide bonds. The lowest BCUT2D eigenvalue weighted by Crippen LogP contribution is -2.04. The molecule has 306 valence electrons. The number of para-hydroxylation sites is 6. The van der Waals surface area contributed by atoms with Gasteiger partial charge in [-0.15, -0.1) is 0 Å². The van der Waals surface area contributed by atoms with Crippen LogP contribution in [0, 0.1) is 6.92 Å². The Kier molecular flexibility index (Phi) is 7.44. The summed E-state index contributed by atoms with van der Waals surface area (Å²) >= 11 is 0. The average molecular weight is 837 g/mol. The van der Waals surface area contributed by atoms with Crippen molar-refractivity contribution < 1.29 is 8.83 Å². The summed E-state index contributed by atoms with van der Waals surface area (Å²) in [6.07, 6.45) is 0. The number of hydrogen-bond donors (Lipinski definition) is 1. The largest absolute Gasteiger partial charge is 0.456 e. The summed E-state index contributed by atoms with van der Waals surface area (Å²) in [5.74, 6) is 1.60. The van der Waals surface area contributed by atoms with Gasteiger partial charge in [0.25, 0.3) is 0 Å². The highest BCUT2D eigenvalue weighted by Gasteiger charge is 2.21. The van der Waals surface area contributed by atoms with Crippen molar-refractivity contribution in [2.45, 2.75) is 6.92 Å². The molecule has 5 aromatic heterocycles. The molecule has 8 heteroatoms. The van der Waals surface area contributed by atoms with Crippen LogP contribution in [0.4, 0.5) is 11.6 Å². The molecule has 0 aliphatic carbocycles. The van der Waals surface area contributed by atoms with E-state index in [-0.39, 0.29) is 0 Å². The Morgan fingerprint density at radius 2 is 1.03 bits per heavy atom. The lowest BCUT2D eigenvalue weighted by atomic mass is 9.97. The van der Waals surface area contributed by atoms with Crippen LogP contribution in [0.1, 0.15) is 5.56 Å². The number of fused-ring (bicyclic) bond motifs is 12. The van der Waals surface area contributed by atoms with Gasteiger partial charge in [-0.1, -0.05) is 97.1 Å². The summed E-state index contributed by atoms with van der Waals surface area (Å²) in [6.45, 7) is 2.16. The molecule has 9 aromatic carbocycles. The van der Waals surface area contributed by atoms with Crippen LogP contribution in [0.15, 0.2) is 203 Å².